The summed E-state index contributed by atoms with van der Waals surface area (Å²) in [7, 11) is 0. The summed E-state index contributed by atoms with van der Waals surface area (Å²) in [5.74, 6) is 0.181. The molecule has 0 heterocycles. The third kappa shape index (κ3) is 6.36. The van der Waals surface area contributed by atoms with Crippen LogP contribution in [0.5, 0.6) is 0 Å². The van der Waals surface area contributed by atoms with Gasteiger partial charge >= 0.3 is 0 Å². The number of nitrogens with zero attached hydrogens (tertiary/aromatic N) is 1. The molecule has 1 N–H and O–H groups in total. The number of hydrogen-bond acceptors (Lipinski definition) is 2. The summed E-state index contributed by atoms with van der Waals surface area (Å²) in [6.45, 7) is 2.92. The van der Waals surface area contributed by atoms with Crippen molar-refractivity contribution in [2.24, 2.45) is 0 Å². The van der Waals surface area contributed by atoms with Gasteiger partial charge < -0.3 is 10.2 Å². The van der Waals surface area contributed by atoms with Crippen LogP contribution in [-0.4, -0.2) is 35.8 Å². The molecule has 1 saturated carbocycles. The van der Waals surface area contributed by atoms with Crippen LogP contribution in [0.1, 0.15) is 77.6 Å². The Morgan fingerprint density at radius 3 is 2.61 bits per heavy atom. The number of nitrogens with one attached hydrogen (secondary N) is 1. The van der Waals surface area contributed by atoms with Crippen molar-refractivity contribution in [1.82, 2.24) is 10.2 Å². The molecule has 0 radical (unpaired) electrons. The van der Waals surface area contributed by atoms with Crippen molar-refractivity contribution in [3.05, 3.63) is 11.6 Å². The van der Waals surface area contributed by atoms with Gasteiger partial charge in [0, 0.05) is 32.5 Å². The largest absolute Gasteiger partial charge is 0.356 e. The van der Waals surface area contributed by atoms with Gasteiger partial charge in [0.05, 0.1) is 0 Å². The first-order valence-electron chi connectivity index (χ1n) is 9.38. The molecule has 2 amide bonds. The van der Waals surface area contributed by atoms with Gasteiger partial charge in [-0.2, -0.15) is 0 Å². The van der Waals surface area contributed by atoms with Gasteiger partial charge in [0.25, 0.3) is 0 Å². The number of amides is 2. The van der Waals surface area contributed by atoms with Crippen molar-refractivity contribution < 1.29 is 9.59 Å². The van der Waals surface area contributed by atoms with Gasteiger partial charge in [-0.25, -0.2) is 0 Å². The van der Waals surface area contributed by atoms with Crippen molar-refractivity contribution in [2.75, 3.05) is 13.1 Å². The highest BCUT2D eigenvalue weighted by molar-refractivity contribution is 5.78. The number of allylic oxidation sites excluding steroid dienone is 1. The molecule has 0 saturated heterocycles. The quantitative estimate of drug-likeness (QED) is 0.729. The van der Waals surface area contributed by atoms with Crippen LogP contribution in [0, 0.1) is 0 Å². The highest BCUT2D eigenvalue weighted by atomic mass is 16.2. The first-order chi connectivity index (χ1) is 11.2. The molecule has 23 heavy (non-hydrogen) atoms. The van der Waals surface area contributed by atoms with E-state index in [9.17, 15) is 9.59 Å². The molecule has 0 aliphatic heterocycles. The highest BCUT2D eigenvalue weighted by Crippen LogP contribution is 2.23. The molecule has 0 aromatic carbocycles. The summed E-state index contributed by atoms with van der Waals surface area (Å²) in [6.07, 6.45) is 14.6. The Hall–Kier alpha value is -1.32. The Morgan fingerprint density at radius 2 is 1.96 bits per heavy atom. The maximum Gasteiger partial charge on any atom is 0.221 e. The van der Waals surface area contributed by atoms with Crippen LogP contribution in [0.25, 0.3) is 0 Å². The zero-order valence-electron chi connectivity index (χ0n) is 14.6. The van der Waals surface area contributed by atoms with E-state index in [1.54, 1.807) is 6.92 Å². The molecule has 0 aromatic rings. The summed E-state index contributed by atoms with van der Waals surface area (Å²) in [4.78, 5) is 25.8. The minimum atomic E-state index is 0.0727. The lowest BCUT2D eigenvalue weighted by atomic mass is 9.94. The fourth-order valence-electron chi connectivity index (χ4n) is 3.79. The van der Waals surface area contributed by atoms with Crippen molar-refractivity contribution in [3.8, 4) is 0 Å². The minimum Gasteiger partial charge on any atom is -0.356 e. The maximum atomic E-state index is 12.0. The highest BCUT2D eigenvalue weighted by Gasteiger charge is 2.23. The fraction of sp³-hybridized carbons (Fsp3) is 0.789. The molecule has 4 nitrogen and oxygen atoms in total. The molecule has 0 atom stereocenters. The summed E-state index contributed by atoms with van der Waals surface area (Å²) in [5.41, 5.74) is 1.49. The van der Waals surface area contributed by atoms with E-state index in [2.05, 4.69) is 11.4 Å². The monoisotopic (exact) mass is 320 g/mol. The predicted octanol–water partition coefficient (Wildman–Crippen LogP) is 3.56. The number of hydrogen-bond donors (Lipinski definition) is 1. The van der Waals surface area contributed by atoms with E-state index in [-0.39, 0.29) is 11.8 Å². The first-order valence-corrected chi connectivity index (χ1v) is 9.38. The molecule has 0 unspecified atom stereocenters. The summed E-state index contributed by atoms with van der Waals surface area (Å²) < 4.78 is 0. The lowest BCUT2D eigenvalue weighted by molar-refractivity contribution is -0.132. The van der Waals surface area contributed by atoms with Gasteiger partial charge in [0.1, 0.15) is 0 Å². The Labute approximate surface area is 140 Å². The van der Waals surface area contributed by atoms with E-state index in [1.807, 2.05) is 4.90 Å². The van der Waals surface area contributed by atoms with Gasteiger partial charge in [-0.1, -0.05) is 30.9 Å². The molecule has 2 rings (SSSR count). The van der Waals surface area contributed by atoms with Crippen LogP contribution in [0.2, 0.25) is 0 Å². The summed E-state index contributed by atoms with van der Waals surface area (Å²) in [6, 6.07) is 0.349. The third-order valence-electron chi connectivity index (χ3n) is 5.15. The Morgan fingerprint density at radius 1 is 1.17 bits per heavy atom. The molecule has 4 heteroatoms. The number of carbonyl (C=O) groups is 2. The summed E-state index contributed by atoms with van der Waals surface area (Å²) >= 11 is 0. The number of rotatable bonds is 7. The van der Waals surface area contributed by atoms with Crippen LogP contribution >= 0.6 is 0 Å². The maximum absolute atomic E-state index is 12.0. The van der Waals surface area contributed by atoms with E-state index < -0.39 is 0 Å². The van der Waals surface area contributed by atoms with Crippen molar-refractivity contribution in [3.63, 3.8) is 0 Å². The van der Waals surface area contributed by atoms with Crippen LogP contribution in [0.4, 0.5) is 0 Å². The molecule has 1 fully saturated rings. The molecule has 0 bridgehead atoms. The first kappa shape index (κ1) is 18.0. The third-order valence-corrected chi connectivity index (χ3v) is 5.15. The molecular formula is C19H32N2O2. The van der Waals surface area contributed by atoms with Crippen LogP contribution in [-0.2, 0) is 9.59 Å². The standard InChI is InChI=1S/C19H32N2O2/c1-16(22)21(18-10-6-3-7-11-18)15-13-19(23)20-14-12-17-8-4-2-5-9-17/h8,18H,2-7,9-15H2,1H3,(H,20,23). The van der Waals surface area contributed by atoms with Crippen molar-refractivity contribution in [1.29, 1.82) is 0 Å². The average Bonchev–Trinajstić information content (AvgIpc) is 2.57. The average molecular weight is 320 g/mol. The van der Waals surface area contributed by atoms with E-state index in [0.29, 0.717) is 19.0 Å². The Kier molecular flexibility index (Phi) is 7.63. The lowest BCUT2D eigenvalue weighted by Crippen LogP contribution is -2.42. The van der Waals surface area contributed by atoms with Gasteiger partial charge in [-0.05, 0) is 44.9 Å². The molecule has 0 aromatic heterocycles. The van der Waals surface area contributed by atoms with Crippen molar-refractivity contribution >= 4 is 11.8 Å². The molecular weight excluding hydrogens is 288 g/mol. The van der Waals surface area contributed by atoms with Gasteiger partial charge in [-0.15, -0.1) is 0 Å². The normalized spacial score (nSPS) is 19.1. The second-order valence-electron chi connectivity index (χ2n) is 6.96. The predicted molar refractivity (Wildman–Crippen MR) is 93.1 cm³/mol. The molecule has 0 spiro atoms. The van der Waals surface area contributed by atoms with E-state index in [0.717, 1.165) is 25.8 Å². The second-order valence-corrected chi connectivity index (χ2v) is 6.96. The lowest BCUT2D eigenvalue weighted by Gasteiger charge is -2.33. The fourth-order valence-corrected chi connectivity index (χ4v) is 3.79. The van der Waals surface area contributed by atoms with Crippen LogP contribution < -0.4 is 5.32 Å². The zero-order valence-corrected chi connectivity index (χ0v) is 14.6. The molecule has 130 valence electrons. The van der Waals surface area contributed by atoms with Gasteiger partial charge in [0.15, 0.2) is 0 Å². The molecule has 2 aliphatic rings. The van der Waals surface area contributed by atoms with Crippen molar-refractivity contribution in [2.45, 2.75) is 83.6 Å². The van der Waals surface area contributed by atoms with Crippen LogP contribution in [0.15, 0.2) is 11.6 Å². The minimum absolute atomic E-state index is 0.0727. The Bertz CT molecular complexity index is 425. The van der Waals surface area contributed by atoms with E-state index in [4.69, 9.17) is 0 Å². The van der Waals surface area contributed by atoms with Gasteiger partial charge in [0.2, 0.25) is 11.8 Å². The van der Waals surface area contributed by atoms with Gasteiger partial charge in [-0.3, -0.25) is 9.59 Å². The van der Waals surface area contributed by atoms with Crippen LogP contribution in [0.3, 0.4) is 0 Å². The number of carbonyl (C=O) groups excluding carboxylic acids is 2. The topological polar surface area (TPSA) is 49.4 Å². The molecule has 2 aliphatic carbocycles. The summed E-state index contributed by atoms with van der Waals surface area (Å²) in [5, 5.41) is 3.01. The smallest absolute Gasteiger partial charge is 0.221 e. The second kappa shape index (κ2) is 9.74. The van der Waals surface area contributed by atoms with E-state index >= 15 is 0 Å². The Balaban J connectivity index is 1.66. The SMILES string of the molecule is CC(=O)N(CCC(=O)NCCC1=CCCCC1)C1CCCCC1. The van der Waals surface area contributed by atoms with E-state index in [1.165, 1.54) is 50.5 Å². The zero-order chi connectivity index (χ0) is 16.5.